The van der Waals surface area contributed by atoms with E-state index < -0.39 is 0 Å². The molecule has 5 nitrogen and oxygen atoms in total. The normalized spacial score (nSPS) is 21.4. The molecule has 2 aromatic rings. The third-order valence-electron chi connectivity index (χ3n) is 4.47. The van der Waals surface area contributed by atoms with Crippen molar-refractivity contribution >= 4 is 11.3 Å². The van der Waals surface area contributed by atoms with E-state index in [1.807, 2.05) is 16.6 Å². The summed E-state index contributed by atoms with van der Waals surface area (Å²) < 4.78 is 13.5. The van der Waals surface area contributed by atoms with Crippen LogP contribution in [-0.2, 0) is 4.74 Å². The monoisotopic (exact) mass is 300 g/mol. The molecule has 0 spiro atoms. The lowest BCUT2D eigenvalue weighted by atomic mass is 10.1. The number of aromatic nitrogens is 2. The van der Waals surface area contributed by atoms with E-state index in [0.29, 0.717) is 18.1 Å². The molecule has 116 valence electrons. The molecule has 5 heteroatoms. The van der Waals surface area contributed by atoms with Gasteiger partial charge in [0.05, 0.1) is 29.1 Å². The molecule has 4 rings (SSSR count). The van der Waals surface area contributed by atoms with Crippen LogP contribution in [0.4, 0.5) is 0 Å². The fraction of sp³-hybridized carbons (Fsp3) is 0.529. The van der Waals surface area contributed by atoms with Crippen LogP contribution in [0.25, 0.3) is 5.52 Å². The molecule has 0 radical (unpaired) electrons. The SMILES string of the molecule is CC(=O)c1cnn2c(C3CC3)c(OCC3CCCO3)ccc12. The van der Waals surface area contributed by atoms with Gasteiger partial charge in [0.15, 0.2) is 5.78 Å². The van der Waals surface area contributed by atoms with Crippen LogP contribution >= 0.6 is 0 Å². The summed E-state index contributed by atoms with van der Waals surface area (Å²) in [4.78, 5) is 11.7. The fourth-order valence-corrected chi connectivity index (χ4v) is 3.14. The van der Waals surface area contributed by atoms with Gasteiger partial charge in [-0.25, -0.2) is 4.52 Å². The third kappa shape index (κ3) is 2.39. The molecule has 1 saturated heterocycles. The van der Waals surface area contributed by atoms with Crippen LogP contribution in [0.5, 0.6) is 5.75 Å². The van der Waals surface area contributed by atoms with Crippen LogP contribution in [-0.4, -0.2) is 34.7 Å². The van der Waals surface area contributed by atoms with Crippen LogP contribution in [0, 0.1) is 0 Å². The van der Waals surface area contributed by atoms with Crippen LogP contribution < -0.4 is 4.74 Å². The van der Waals surface area contributed by atoms with Crippen molar-refractivity contribution in [3.05, 3.63) is 29.6 Å². The maximum Gasteiger partial charge on any atom is 0.163 e. The Balaban J connectivity index is 1.68. The van der Waals surface area contributed by atoms with Gasteiger partial charge in [-0.2, -0.15) is 5.10 Å². The molecule has 3 heterocycles. The first kappa shape index (κ1) is 13.8. The van der Waals surface area contributed by atoms with Crippen molar-refractivity contribution in [2.75, 3.05) is 13.2 Å². The molecular formula is C17H20N2O3. The summed E-state index contributed by atoms with van der Waals surface area (Å²) in [5.74, 6) is 1.41. The first-order chi connectivity index (χ1) is 10.7. The van der Waals surface area contributed by atoms with Crippen molar-refractivity contribution in [2.45, 2.75) is 44.6 Å². The van der Waals surface area contributed by atoms with Crippen LogP contribution in [0.2, 0.25) is 0 Å². The van der Waals surface area contributed by atoms with E-state index in [9.17, 15) is 4.79 Å². The minimum absolute atomic E-state index is 0.0461. The molecule has 2 fully saturated rings. The van der Waals surface area contributed by atoms with Crippen molar-refractivity contribution in [1.29, 1.82) is 0 Å². The second kappa shape index (κ2) is 5.39. The molecule has 0 aromatic carbocycles. The zero-order valence-electron chi connectivity index (χ0n) is 12.7. The highest BCUT2D eigenvalue weighted by molar-refractivity contribution is 6.00. The molecule has 0 N–H and O–H groups in total. The second-order valence-electron chi connectivity index (χ2n) is 6.21. The maximum absolute atomic E-state index is 11.7. The summed E-state index contributed by atoms with van der Waals surface area (Å²) in [7, 11) is 0. The largest absolute Gasteiger partial charge is 0.489 e. The highest BCUT2D eigenvalue weighted by atomic mass is 16.5. The summed E-state index contributed by atoms with van der Waals surface area (Å²) in [5, 5.41) is 4.43. The lowest BCUT2D eigenvalue weighted by Crippen LogP contribution is -2.17. The Bertz CT molecular complexity index is 712. The minimum Gasteiger partial charge on any atom is -0.489 e. The number of hydrogen-bond donors (Lipinski definition) is 0. The second-order valence-corrected chi connectivity index (χ2v) is 6.21. The Kier molecular flexibility index (Phi) is 3.37. The van der Waals surface area contributed by atoms with E-state index >= 15 is 0 Å². The lowest BCUT2D eigenvalue weighted by molar-refractivity contribution is 0.0674. The van der Waals surface area contributed by atoms with Crippen molar-refractivity contribution in [2.24, 2.45) is 0 Å². The van der Waals surface area contributed by atoms with Gasteiger partial charge in [-0.15, -0.1) is 0 Å². The number of fused-ring (bicyclic) bond motifs is 1. The number of hydrogen-bond acceptors (Lipinski definition) is 4. The molecule has 22 heavy (non-hydrogen) atoms. The van der Waals surface area contributed by atoms with Crippen molar-refractivity contribution in [3.8, 4) is 5.75 Å². The first-order valence-electron chi connectivity index (χ1n) is 8.00. The van der Waals surface area contributed by atoms with Gasteiger partial charge in [-0.05, 0) is 44.7 Å². The average molecular weight is 300 g/mol. The van der Waals surface area contributed by atoms with Crippen LogP contribution in [0.3, 0.4) is 0 Å². The number of nitrogens with zero attached hydrogens (tertiary/aromatic N) is 2. The summed E-state index contributed by atoms with van der Waals surface area (Å²) in [6.07, 6.45) is 6.36. The van der Waals surface area contributed by atoms with Gasteiger partial charge in [-0.3, -0.25) is 4.79 Å². The first-order valence-corrected chi connectivity index (χ1v) is 8.00. The van der Waals surface area contributed by atoms with Crippen LogP contribution in [0.1, 0.15) is 54.6 Å². The van der Waals surface area contributed by atoms with Crippen molar-refractivity contribution in [1.82, 2.24) is 9.61 Å². The topological polar surface area (TPSA) is 52.8 Å². The quantitative estimate of drug-likeness (QED) is 0.797. The molecule has 2 aromatic heterocycles. The maximum atomic E-state index is 11.7. The Hall–Kier alpha value is -1.88. The van der Waals surface area contributed by atoms with Gasteiger partial charge in [0.1, 0.15) is 12.4 Å². The van der Waals surface area contributed by atoms with Gasteiger partial charge >= 0.3 is 0 Å². The number of rotatable bonds is 5. The van der Waals surface area contributed by atoms with E-state index in [1.54, 1.807) is 13.1 Å². The molecule has 0 amide bonds. The minimum atomic E-state index is 0.0461. The number of ether oxygens (including phenoxy) is 2. The van der Waals surface area contributed by atoms with Crippen LogP contribution in [0.15, 0.2) is 18.3 Å². The van der Waals surface area contributed by atoms with E-state index in [1.165, 1.54) is 0 Å². The molecular weight excluding hydrogens is 280 g/mol. The Morgan fingerprint density at radius 1 is 1.41 bits per heavy atom. The number of Topliss-reactive ketones (excluding diaryl/α,β-unsaturated/α-hetero) is 1. The summed E-state index contributed by atoms with van der Waals surface area (Å²) in [6, 6.07) is 3.91. The predicted octanol–water partition coefficient (Wildman–Crippen LogP) is 2.97. The number of carbonyl (C=O) groups is 1. The highest BCUT2D eigenvalue weighted by Crippen LogP contribution is 2.44. The van der Waals surface area contributed by atoms with Gasteiger partial charge in [-0.1, -0.05) is 0 Å². The number of carbonyl (C=O) groups excluding carboxylic acids is 1. The van der Waals surface area contributed by atoms with E-state index in [2.05, 4.69) is 5.10 Å². The smallest absolute Gasteiger partial charge is 0.163 e. The zero-order chi connectivity index (χ0) is 15.1. The Morgan fingerprint density at radius 2 is 2.27 bits per heavy atom. The zero-order valence-corrected chi connectivity index (χ0v) is 12.7. The van der Waals surface area contributed by atoms with Gasteiger partial charge < -0.3 is 9.47 Å². The average Bonchev–Trinajstić information content (AvgIpc) is 3.04. The van der Waals surface area contributed by atoms with Gasteiger partial charge in [0.25, 0.3) is 0 Å². The molecule has 1 aliphatic heterocycles. The predicted molar refractivity (Wildman–Crippen MR) is 81.6 cm³/mol. The summed E-state index contributed by atoms with van der Waals surface area (Å²) >= 11 is 0. The molecule has 0 bridgehead atoms. The number of pyridine rings is 1. The summed E-state index contributed by atoms with van der Waals surface area (Å²) in [5.41, 5.74) is 2.65. The molecule has 1 aliphatic carbocycles. The summed E-state index contributed by atoms with van der Waals surface area (Å²) in [6.45, 7) is 3.01. The highest BCUT2D eigenvalue weighted by Gasteiger charge is 2.31. The molecule has 1 atom stereocenters. The fourth-order valence-electron chi connectivity index (χ4n) is 3.14. The number of ketones is 1. The molecule has 1 unspecified atom stereocenters. The third-order valence-corrected chi connectivity index (χ3v) is 4.47. The Morgan fingerprint density at radius 3 is 2.95 bits per heavy atom. The lowest BCUT2D eigenvalue weighted by Gasteiger charge is -2.15. The van der Waals surface area contributed by atoms with E-state index in [0.717, 1.165) is 49.3 Å². The molecule has 2 aliphatic rings. The van der Waals surface area contributed by atoms with Gasteiger partial charge in [0, 0.05) is 12.5 Å². The van der Waals surface area contributed by atoms with E-state index in [4.69, 9.17) is 9.47 Å². The standard InChI is InChI=1S/C17H20N2O3/c1-11(20)14-9-18-19-15(14)6-7-16(17(19)12-4-5-12)22-10-13-3-2-8-21-13/h6-7,9,12-13H,2-5,8,10H2,1H3. The van der Waals surface area contributed by atoms with E-state index in [-0.39, 0.29) is 11.9 Å². The molecule has 1 saturated carbocycles. The van der Waals surface area contributed by atoms with Crippen molar-refractivity contribution < 1.29 is 14.3 Å². The Labute approximate surface area is 129 Å². The van der Waals surface area contributed by atoms with Crippen molar-refractivity contribution in [3.63, 3.8) is 0 Å². The van der Waals surface area contributed by atoms with Gasteiger partial charge in [0.2, 0.25) is 0 Å².